The van der Waals surface area contributed by atoms with Gasteiger partial charge in [-0.1, -0.05) is 35.5 Å². The Morgan fingerprint density at radius 3 is 2.51 bits per heavy atom. The molecule has 0 spiro atoms. The third-order valence-corrected chi connectivity index (χ3v) is 6.10. The van der Waals surface area contributed by atoms with Crippen molar-refractivity contribution in [3.05, 3.63) is 72.4 Å². The highest BCUT2D eigenvalue weighted by Gasteiger charge is 2.30. The van der Waals surface area contributed by atoms with Gasteiger partial charge < -0.3 is 14.2 Å². The molecule has 1 fully saturated rings. The van der Waals surface area contributed by atoms with Gasteiger partial charge in [-0.3, -0.25) is 9.69 Å². The molecule has 0 N–H and O–H groups in total. The van der Waals surface area contributed by atoms with Crippen molar-refractivity contribution in [3.63, 3.8) is 0 Å². The van der Waals surface area contributed by atoms with Gasteiger partial charge in [0, 0.05) is 38.2 Å². The lowest BCUT2D eigenvalue weighted by atomic mass is 10.0. The molecule has 5 rings (SSSR count). The van der Waals surface area contributed by atoms with E-state index >= 15 is 0 Å². The van der Waals surface area contributed by atoms with E-state index in [-0.39, 0.29) is 5.91 Å². The second-order valence-corrected chi connectivity index (χ2v) is 8.34. The number of aromatic nitrogens is 6. The molecular weight excluding hydrogens is 448 g/mol. The van der Waals surface area contributed by atoms with Crippen molar-refractivity contribution in [3.8, 4) is 17.1 Å². The van der Waals surface area contributed by atoms with E-state index in [1.54, 1.807) is 11.8 Å². The summed E-state index contributed by atoms with van der Waals surface area (Å²) in [6, 6.07) is 16.9. The molecule has 0 unspecified atom stereocenters. The number of nitrogens with zero attached hydrogens (tertiary/aromatic N) is 8. The Balaban J connectivity index is 1.19. The lowest BCUT2D eigenvalue weighted by Crippen LogP contribution is -2.50. The molecule has 0 radical (unpaired) electrons. The van der Waals surface area contributed by atoms with Crippen LogP contribution in [0, 0.1) is 0 Å². The number of carbonyl (C=O) groups excluding carboxylic acids is 1. The van der Waals surface area contributed by atoms with E-state index in [4.69, 9.17) is 9.26 Å². The van der Waals surface area contributed by atoms with Crippen LogP contribution in [0.3, 0.4) is 0 Å². The van der Waals surface area contributed by atoms with E-state index in [9.17, 15) is 4.79 Å². The fraction of sp³-hybridized carbons (Fsp3) is 0.333. The van der Waals surface area contributed by atoms with Gasteiger partial charge in [0.2, 0.25) is 17.6 Å². The monoisotopic (exact) mass is 474 g/mol. The van der Waals surface area contributed by atoms with E-state index in [2.05, 4.69) is 30.6 Å². The van der Waals surface area contributed by atoms with Crippen molar-refractivity contribution in [2.75, 3.05) is 33.3 Å². The minimum atomic E-state index is -0.484. The summed E-state index contributed by atoms with van der Waals surface area (Å²) in [7, 11) is 1.63. The summed E-state index contributed by atoms with van der Waals surface area (Å²) in [4.78, 5) is 22.0. The zero-order valence-corrected chi connectivity index (χ0v) is 19.4. The molecule has 0 bridgehead atoms. The molecule has 3 heterocycles. The first-order chi connectivity index (χ1) is 17.2. The van der Waals surface area contributed by atoms with Crippen molar-refractivity contribution in [2.45, 2.75) is 19.0 Å². The summed E-state index contributed by atoms with van der Waals surface area (Å²) in [6.07, 6.45) is 2.03. The Labute approximate surface area is 202 Å². The van der Waals surface area contributed by atoms with Crippen LogP contribution in [0.1, 0.15) is 17.5 Å². The average molecular weight is 475 g/mol. The van der Waals surface area contributed by atoms with Crippen molar-refractivity contribution in [1.82, 2.24) is 40.1 Å². The lowest BCUT2D eigenvalue weighted by Gasteiger charge is -2.35. The molecule has 2 aromatic heterocycles. The fourth-order valence-electron chi connectivity index (χ4n) is 4.15. The van der Waals surface area contributed by atoms with Gasteiger partial charge in [0.25, 0.3) is 0 Å². The summed E-state index contributed by atoms with van der Waals surface area (Å²) < 4.78 is 12.2. The smallest absolute Gasteiger partial charge is 0.248 e. The number of ether oxygens (including phenoxy) is 1. The Bertz CT molecular complexity index is 1220. The van der Waals surface area contributed by atoms with Crippen molar-refractivity contribution in [2.24, 2.45) is 0 Å². The second-order valence-electron chi connectivity index (χ2n) is 8.34. The normalized spacial score (nSPS) is 15.2. The lowest BCUT2D eigenvalue weighted by molar-refractivity contribution is -0.137. The van der Waals surface area contributed by atoms with E-state index in [1.807, 2.05) is 59.5 Å². The van der Waals surface area contributed by atoms with Gasteiger partial charge >= 0.3 is 0 Å². The topological polar surface area (TPSA) is 115 Å². The van der Waals surface area contributed by atoms with Crippen LogP contribution in [0.5, 0.6) is 5.75 Å². The minimum absolute atomic E-state index is 0.0142. The van der Waals surface area contributed by atoms with Crippen LogP contribution in [0.4, 0.5) is 0 Å². The number of hydrogen-bond donors (Lipinski definition) is 0. The van der Waals surface area contributed by atoms with Gasteiger partial charge in [-0.2, -0.15) is 4.98 Å². The standard InChI is InChI=1S/C24H26N8O3/c1-34-20-9-7-19(8-10-20)23-26-22(35-27-23)16-30-11-13-31(14-12-30)24(33)21(32-17-25-28-29-32)15-18-5-3-2-4-6-18/h2-10,17,21H,11-16H2,1H3/t21-/m1/s1. The van der Waals surface area contributed by atoms with Crippen LogP contribution < -0.4 is 4.74 Å². The molecule has 1 amide bonds. The number of methoxy groups -OCH3 is 1. The van der Waals surface area contributed by atoms with Crippen LogP contribution in [0.15, 0.2) is 65.4 Å². The molecular formula is C24H26N8O3. The maximum atomic E-state index is 13.4. The highest BCUT2D eigenvalue weighted by Crippen LogP contribution is 2.21. The molecule has 1 atom stereocenters. The van der Waals surface area contributed by atoms with Gasteiger partial charge in [0.05, 0.1) is 13.7 Å². The third-order valence-electron chi connectivity index (χ3n) is 6.10. The molecule has 1 aliphatic heterocycles. The van der Waals surface area contributed by atoms with Gasteiger partial charge in [-0.05, 0) is 40.3 Å². The zero-order chi connectivity index (χ0) is 24.0. The first-order valence-corrected chi connectivity index (χ1v) is 11.4. The number of amides is 1. The van der Waals surface area contributed by atoms with Crippen LogP contribution >= 0.6 is 0 Å². The molecule has 2 aromatic carbocycles. The predicted molar refractivity (Wildman–Crippen MR) is 125 cm³/mol. The number of hydrogen-bond acceptors (Lipinski definition) is 9. The van der Waals surface area contributed by atoms with Crippen LogP contribution in [-0.2, 0) is 17.8 Å². The summed E-state index contributed by atoms with van der Waals surface area (Å²) in [5.41, 5.74) is 1.92. The van der Waals surface area contributed by atoms with Gasteiger partial charge in [-0.25, -0.2) is 4.68 Å². The molecule has 0 aliphatic carbocycles. The molecule has 4 aromatic rings. The van der Waals surface area contributed by atoms with E-state index in [0.29, 0.717) is 50.9 Å². The molecule has 180 valence electrons. The number of carbonyl (C=O) groups is 1. The maximum Gasteiger partial charge on any atom is 0.248 e. The molecule has 11 heteroatoms. The van der Waals surface area contributed by atoms with Gasteiger partial charge in [-0.15, -0.1) is 5.10 Å². The van der Waals surface area contributed by atoms with Crippen molar-refractivity contribution in [1.29, 1.82) is 0 Å². The minimum Gasteiger partial charge on any atom is -0.497 e. The first-order valence-electron chi connectivity index (χ1n) is 11.4. The van der Waals surface area contributed by atoms with E-state index < -0.39 is 6.04 Å². The second kappa shape index (κ2) is 10.4. The third kappa shape index (κ3) is 5.35. The quantitative estimate of drug-likeness (QED) is 0.377. The van der Waals surface area contributed by atoms with Crippen LogP contribution in [0.25, 0.3) is 11.4 Å². The summed E-state index contributed by atoms with van der Waals surface area (Å²) in [6.45, 7) is 3.16. The number of tetrazole rings is 1. The van der Waals surface area contributed by atoms with Crippen molar-refractivity contribution < 1.29 is 14.1 Å². The highest BCUT2D eigenvalue weighted by molar-refractivity contribution is 5.80. The number of rotatable bonds is 8. The molecule has 35 heavy (non-hydrogen) atoms. The van der Waals surface area contributed by atoms with Gasteiger partial charge in [0.1, 0.15) is 18.1 Å². The highest BCUT2D eigenvalue weighted by atomic mass is 16.5. The van der Waals surface area contributed by atoms with E-state index in [1.165, 1.54) is 6.33 Å². The van der Waals surface area contributed by atoms with Crippen molar-refractivity contribution >= 4 is 5.91 Å². The fourth-order valence-corrected chi connectivity index (χ4v) is 4.15. The molecule has 0 saturated carbocycles. The molecule has 1 saturated heterocycles. The summed E-state index contributed by atoms with van der Waals surface area (Å²) >= 11 is 0. The van der Waals surface area contributed by atoms with Crippen LogP contribution in [0.2, 0.25) is 0 Å². The van der Waals surface area contributed by atoms with Gasteiger partial charge in [0.15, 0.2) is 0 Å². The number of benzene rings is 2. The first kappa shape index (κ1) is 22.7. The molecule has 11 nitrogen and oxygen atoms in total. The summed E-state index contributed by atoms with van der Waals surface area (Å²) in [5, 5.41) is 15.6. The Hall–Kier alpha value is -4.12. The maximum absolute atomic E-state index is 13.4. The largest absolute Gasteiger partial charge is 0.497 e. The summed E-state index contributed by atoms with van der Waals surface area (Å²) in [5.74, 6) is 1.88. The Morgan fingerprint density at radius 1 is 1.06 bits per heavy atom. The van der Waals surface area contributed by atoms with E-state index in [0.717, 1.165) is 16.9 Å². The predicted octanol–water partition coefficient (Wildman–Crippen LogP) is 1.86. The Morgan fingerprint density at radius 2 is 1.83 bits per heavy atom. The molecule has 1 aliphatic rings. The average Bonchev–Trinajstić information content (AvgIpc) is 3.61. The van der Waals surface area contributed by atoms with Crippen LogP contribution in [-0.4, -0.2) is 79.3 Å². The number of piperazine rings is 1. The zero-order valence-electron chi connectivity index (χ0n) is 19.4. The Kier molecular flexibility index (Phi) is 6.75. The SMILES string of the molecule is COc1ccc(-c2noc(CN3CCN(C(=O)[C@@H](Cc4ccccc4)n4cnnn4)CC3)n2)cc1.